The average Bonchev–Trinajstić information content (AvgIpc) is 2.44. The van der Waals surface area contributed by atoms with E-state index in [4.69, 9.17) is 4.98 Å². The summed E-state index contributed by atoms with van der Waals surface area (Å²) >= 11 is 4.05. The lowest BCUT2D eigenvalue weighted by molar-refractivity contribution is 1.01. The van der Waals surface area contributed by atoms with Crippen molar-refractivity contribution in [2.24, 2.45) is 0 Å². The zero-order valence-electron chi connectivity index (χ0n) is 11.0. The lowest BCUT2D eigenvalue weighted by Gasteiger charge is -2.12. The minimum absolute atomic E-state index is 0.829. The molecule has 2 aromatic rings. The second kappa shape index (κ2) is 7.09. The van der Waals surface area contributed by atoms with Gasteiger partial charge in [-0.05, 0) is 35.8 Å². The van der Waals surface area contributed by atoms with Gasteiger partial charge in [-0.25, -0.2) is 9.97 Å². The number of halogens is 1. The van der Waals surface area contributed by atoms with Gasteiger partial charge in [0.1, 0.15) is 11.6 Å². The zero-order valence-corrected chi connectivity index (χ0v) is 14.0. The van der Waals surface area contributed by atoms with Crippen LogP contribution >= 0.6 is 34.4 Å². The second-order valence-electron chi connectivity index (χ2n) is 3.98. The molecule has 0 aliphatic rings. The summed E-state index contributed by atoms with van der Waals surface area (Å²) in [7, 11) is 0. The van der Waals surface area contributed by atoms with Crippen LogP contribution in [0.3, 0.4) is 0 Å². The first kappa shape index (κ1) is 14.6. The van der Waals surface area contributed by atoms with Crippen LogP contribution in [0.25, 0.3) is 11.3 Å². The molecular weight excluding hydrogens is 369 g/mol. The summed E-state index contributed by atoms with van der Waals surface area (Å²) in [5.41, 5.74) is 2.15. The Bertz CT molecular complexity index is 546. The molecule has 0 bridgehead atoms. The molecule has 19 heavy (non-hydrogen) atoms. The van der Waals surface area contributed by atoms with Crippen molar-refractivity contribution >= 4 is 40.2 Å². The predicted octanol–water partition coefficient (Wildman–Crippen LogP) is 4.04. The molecule has 0 unspecified atom stereocenters. The minimum atomic E-state index is 0.829. The number of hydrogen-bond donors (Lipinski definition) is 1. The molecule has 5 heteroatoms. The number of nitrogens with one attached hydrogen (secondary N) is 1. The molecule has 1 aromatic heterocycles. The maximum atomic E-state index is 4.70. The van der Waals surface area contributed by atoms with Gasteiger partial charge in [0.05, 0.1) is 15.0 Å². The van der Waals surface area contributed by atoms with E-state index in [0.717, 1.165) is 38.8 Å². The number of benzene rings is 1. The molecule has 0 saturated heterocycles. The Kier molecular flexibility index (Phi) is 5.45. The van der Waals surface area contributed by atoms with E-state index in [1.807, 2.05) is 18.2 Å². The Hall–Kier alpha value is -0.820. The molecule has 0 aliphatic carbocycles. The minimum Gasteiger partial charge on any atom is -0.369 e. The van der Waals surface area contributed by atoms with Crippen LogP contribution in [0, 0.1) is 3.57 Å². The summed E-state index contributed by atoms with van der Waals surface area (Å²) in [6, 6.07) is 10.3. The van der Waals surface area contributed by atoms with Gasteiger partial charge >= 0.3 is 0 Å². The van der Waals surface area contributed by atoms with Crippen molar-refractivity contribution in [2.45, 2.75) is 12.7 Å². The number of hydrogen-bond acceptors (Lipinski definition) is 4. The first-order valence-electron chi connectivity index (χ1n) is 6.11. The predicted molar refractivity (Wildman–Crippen MR) is 91.6 cm³/mol. The fraction of sp³-hybridized carbons (Fsp3) is 0.286. The first-order chi connectivity index (χ1) is 9.26. The van der Waals surface area contributed by atoms with E-state index in [9.17, 15) is 0 Å². The average molecular weight is 385 g/mol. The fourth-order valence-corrected chi connectivity index (χ4v) is 2.89. The van der Waals surface area contributed by atoms with Crippen molar-refractivity contribution in [3.63, 3.8) is 0 Å². The maximum absolute atomic E-state index is 4.70. The normalized spacial score (nSPS) is 10.5. The summed E-state index contributed by atoms with van der Waals surface area (Å²) in [5.74, 6) is 2.64. The van der Waals surface area contributed by atoms with E-state index in [1.54, 1.807) is 11.8 Å². The van der Waals surface area contributed by atoms with Crippen molar-refractivity contribution in [1.82, 2.24) is 9.97 Å². The summed E-state index contributed by atoms with van der Waals surface area (Å²) in [5, 5.41) is 3.32. The van der Waals surface area contributed by atoms with Crippen LogP contribution in [0.4, 0.5) is 5.82 Å². The Morgan fingerprint density at radius 3 is 2.58 bits per heavy atom. The lowest BCUT2D eigenvalue weighted by Crippen LogP contribution is -2.07. The highest BCUT2D eigenvalue weighted by Gasteiger charge is 2.13. The lowest BCUT2D eigenvalue weighted by atomic mass is 10.1. The van der Waals surface area contributed by atoms with Crippen molar-refractivity contribution in [3.05, 3.63) is 39.7 Å². The van der Waals surface area contributed by atoms with Gasteiger partial charge in [-0.3, -0.25) is 0 Å². The molecule has 0 saturated carbocycles. The van der Waals surface area contributed by atoms with Gasteiger partial charge in [-0.15, -0.1) is 0 Å². The van der Waals surface area contributed by atoms with Gasteiger partial charge < -0.3 is 5.32 Å². The van der Waals surface area contributed by atoms with E-state index >= 15 is 0 Å². The highest BCUT2D eigenvalue weighted by atomic mass is 127. The van der Waals surface area contributed by atoms with E-state index in [-0.39, 0.29) is 0 Å². The zero-order chi connectivity index (χ0) is 13.7. The molecular formula is C14H16IN3S. The van der Waals surface area contributed by atoms with Crippen LogP contribution in [0.5, 0.6) is 0 Å². The highest BCUT2D eigenvalue weighted by Crippen LogP contribution is 2.28. The summed E-state index contributed by atoms with van der Waals surface area (Å²) < 4.78 is 1.08. The molecule has 100 valence electrons. The fourth-order valence-electron chi connectivity index (χ4n) is 1.76. The number of thioether (sulfide) groups is 1. The number of aromatic nitrogens is 2. The number of nitrogens with zero attached hydrogens (tertiary/aromatic N) is 2. The Morgan fingerprint density at radius 2 is 1.95 bits per heavy atom. The van der Waals surface area contributed by atoms with Crippen LogP contribution < -0.4 is 5.32 Å². The third-order valence-electron chi connectivity index (χ3n) is 2.56. The molecule has 2 rings (SSSR count). The monoisotopic (exact) mass is 385 g/mol. The maximum Gasteiger partial charge on any atom is 0.143 e. The van der Waals surface area contributed by atoms with E-state index < -0.39 is 0 Å². The highest BCUT2D eigenvalue weighted by molar-refractivity contribution is 14.1. The van der Waals surface area contributed by atoms with Crippen LogP contribution in [0.1, 0.15) is 12.7 Å². The smallest absolute Gasteiger partial charge is 0.143 e. The first-order valence-corrected chi connectivity index (χ1v) is 8.58. The van der Waals surface area contributed by atoms with Gasteiger partial charge in [0.15, 0.2) is 0 Å². The van der Waals surface area contributed by atoms with Crippen LogP contribution in [0.2, 0.25) is 0 Å². The molecule has 3 nitrogen and oxygen atoms in total. The van der Waals surface area contributed by atoms with E-state index in [2.05, 4.69) is 58.2 Å². The third-order valence-corrected chi connectivity index (χ3v) is 4.13. The van der Waals surface area contributed by atoms with E-state index in [1.165, 1.54) is 0 Å². The molecule has 1 heterocycles. The third kappa shape index (κ3) is 3.60. The van der Waals surface area contributed by atoms with Crippen molar-refractivity contribution < 1.29 is 0 Å². The Labute approximate surface area is 131 Å². The van der Waals surface area contributed by atoms with E-state index in [0.29, 0.717) is 0 Å². The largest absolute Gasteiger partial charge is 0.369 e. The van der Waals surface area contributed by atoms with Gasteiger partial charge in [-0.1, -0.05) is 30.3 Å². The van der Waals surface area contributed by atoms with Crippen LogP contribution in [-0.4, -0.2) is 22.8 Å². The molecule has 1 aromatic carbocycles. The topological polar surface area (TPSA) is 37.8 Å². The molecule has 0 amide bonds. The van der Waals surface area contributed by atoms with Crippen molar-refractivity contribution in [1.29, 1.82) is 0 Å². The number of rotatable bonds is 5. The quantitative estimate of drug-likeness (QED) is 0.789. The van der Waals surface area contributed by atoms with Crippen LogP contribution in [0.15, 0.2) is 30.3 Å². The molecule has 0 spiro atoms. The Balaban J connectivity index is 2.52. The standard InChI is InChI=1S/C14H16IN3S/c1-3-16-14-12(15)13(10-7-5-4-6-8-10)17-11(18-14)9-19-2/h4-8H,3,9H2,1-2H3,(H,16,17,18). The van der Waals surface area contributed by atoms with Crippen LogP contribution in [-0.2, 0) is 5.75 Å². The molecule has 1 N–H and O–H groups in total. The van der Waals surface area contributed by atoms with Gasteiger partial charge in [0.25, 0.3) is 0 Å². The van der Waals surface area contributed by atoms with Gasteiger partial charge in [0, 0.05) is 12.1 Å². The molecule has 0 fully saturated rings. The molecule has 0 aliphatic heterocycles. The Morgan fingerprint density at radius 1 is 1.21 bits per heavy atom. The molecule has 0 radical (unpaired) electrons. The van der Waals surface area contributed by atoms with Crippen molar-refractivity contribution in [2.75, 3.05) is 18.1 Å². The number of anilines is 1. The molecule has 0 atom stereocenters. The summed E-state index contributed by atoms with van der Waals surface area (Å²) in [6.07, 6.45) is 2.07. The van der Waals surface area contributed by atoms with Gasteiger partial charge in [0.2, 0.25) is 0 Å². The SMILES string of the molecule is CCNc1nc(CSC)nc(-c2ccccc2)c1I. The van der Waals surface area contributed by atoms with Gasteiger partial charge in [-0.2, -0.15) is 11.8 Å². The van der Waals surface area contributed by atoms with Crippen molar-refractivity contribution in [3.8, 4) is 11.3 Å². The summed E-state index contributed by atoms with van der Waals surface area (Å²) in [6.45, 7) is 2.94. The summed E-state index contributed by atoms with van der Waals surface area (Å²) in [4.78, 5) is 9.28. The second-order valence-corrected chi connectivity index (χ2v) is 5.93.